The third-order valence-electron chi connectivity index (χ3n) is 1.12. The number of hydrogen-bond donors (Lipinski definition) is 0. The molecule has 70 valence electrons. The smallest absolute Gasteiger partial charge is 0.257 e. The van der Waals surface area contributed by atoms with Crippen LogP contribution in [-0.2, 0) is 9.84 Å². The van der Waals surface area contributed by atoms with Gasteiger partial charge in [-0.05, 0) is 11.3 Å². The van der Waals surface area contributed by atoms with E-state index in [0.29, 0.717) is 16.7 Å². The lowest BCUT2D eigenvalue weighted by molar-refractivity contribution is -0.380. The Labute approximate surface area is 77.6 Å². The standard InChI is InChI=1S/C5H4N2O4S2/c1-2-13(10,11)5-6-3-4(12-5)7(8)9/h2-3H,1H2. The van der Waals surface area contributed by atoms with Gasteiger partial charge in [0.15, 0.2) is 0 Å². The van der Waals surface area contributed by atoms with Gasteiger partial charge in [0, 0.05) is 5.41 Å². The Kier molecular flexibility index (Phi) is 2.43. The minimum absolute atomic E-state index is 0.305. The van der Waals surface area contributed by atoms with Gasteiger partial charge in [0.1, 0.15) is 6.20 Å². The minimum Gasteiger partial charge on any atom is -0.257 e. The van der Waals surface area contributed by atoms with Crippen molar-refractivity contribution in [1.29, 1.82) is 0 Å². The molecule has 0 radical (unpaired) electrons. The van der Waals surface area contributed by atoms with E-state index in [2.05, 4.69) is 11.6 Å². The van der Waals surface area contributed by atoms with Crippen molar-refractivity contribution in [3.05, 3.63) is 28.3 Å². The molecule has 6 nitrogen and oxygen atoms in total. The van der Waals surface area contributed by atoms with E-state index < -0.39 is 14.8 Å². The summed E-state index contributed by atoms with van der Waals surface area (Å²) in [6, 6.07) is 0. The van der Waals surface area contributed by atoms with Crippen LogP contribution in [0, 0.1) is 10.1 Å². The van der Waals surface area contributed by atoms with Crippen molar-refractivity contribution in [2.75, 3.05) is 0 Å². The van der Waals surface area contributed by atoms with Gasteiger partial charge in [-0.2, -0.15) is 0 Å². The molecule has 0 aliphatic heterocycles. The molecular formula is C5H4N2O4S2. The molecule has 0 N–H and O–H groups in total. The van der Waals surface area contributed by atoms with Crippen LogP contribution in [0.15, 0.2) is 22.5 Å². The van der Waals surface area contributed by atoms with Crippen LogP contribution in [0.3, 0.4) is 0 Å². The second kappa shape index (κ2) is 3.23. The van der Waals surface area contributed by atoms with Crippen molar-refractivity contribution in [3.8, 4) is 0 Å². The average Bonchev–Trinajstić information content (AvgIpc) is 2.52. The molecule has 0 fully saturated rings. The monoisotopic (exact) mass is 220 g/mol. The van der Waals surface area contributed by atoms with E-state index in [9.17, 15) is 18.5 Å². The van der Waals surface area contributed by atoms with Crippen molar-refractivity contribution in [2.24, 2.45) is 0 Å². The highest BCUT2D eigenvalue weighted by Gasteiger charge is 2.19. The highest BCUT2D eigenvalue weighted by atomic mass is 32.2. The molecule has 0 saturated carbocycles. The van der Waals surface area contributed by atoms with Gasteiger partial charge in [-0.1, -0.05) is 6.58 Å². The maximum atomic E-state index is 11.0. The fourth-order valence-corrected chi connectivity index (χ4v) is 2.27. The van der Waals surface area contributed by atoms with Gasteiger partial charge < -0.3 is 0 Å². The van der Waals surface area contributed by atoms with Crippen LogP contribution in [-0.4, -0.2) is 18.3 Å². The molecule has 1 aromatic rings. The zero-order valence-electron chi connectivity index (χ0n) is 6.21. The number of nitrogens with zero attached hydrogens (tertiary/aromatic N) is 2. The van der Waals surface area contributed by atoms with E-state index >= 15 is 0 Å². The Morgan fingerprint density at radius 1 is 1.69 bits per heavy atom. The van der Waals surface area contributed by atoms with Crippen LogP contribution < -0.4 is 0 Å². The third-order valence-corrected chi connectivity index (χ3v) is 3.84. The van der Waals surface area contributed by atoms with E-state index in [1.807, 2.05) is 0 Å². The predicted molar refractivity (Wildman–Crippen MR) is 46.2 cm³/mol. The Morgan fingerprint density at radius 3 is 2.69 bits per heavy atom. The van der Waals surface area contributed by atoms with Crippen molar-refractivity contribution >= 4 is 26.2 Å². The number of aromatic nitrogens is 1. The molecule has 0 aliphatic rings. The molecule has 0 bridgehead atoms. The van der Waals surface area contributed by atoms with Gasteiger partial charge in [0.05, 0.1) is 4.92 Å². The second-order valence-corrected chi connectivity index (χ2v) is 5.01. The summed E-state index contributed by atoms with van der Waals surface area (Å²) >= 11 is 0.503. The van der Waals surface area contributed by atoms with Crippen molar-refractivity contribution in [1.82, 2.24) is 4.98 Å². The Balaban J connectivity index is 3.20. The predicted octanol–water partition coefficient (Wildman–Crippen LogP) is 0.968. The first kappa shape index (κ1) is 9.81. The topological polar surface area (TPSA) is 90.2 Å². The summed E-state index contributed by atoms with van der Waals surface area (Å²) in [5.41, 5.74) is 0. The SMILES string of the molecule is C=CS(=O)(=O)c1ncc([N+](=O)[O-])s1. The Bertz CT molecular complexity index is 447. The van der Waals surface area contributed by atoms with Crippen LogP contribution in [0.2, 0.25) is 0 Å². The fraction of sp³-hybridized carbons (Fsp3) is 0. The average molecular weight is 220 g/mol. The Morgan fingerprint density at radius 2 is 2.31 bits per heavy atom. The summed E-state index contributed by atoms with van der Waals surface area (Å²) in [7, 11) is -3.64. The molecule has 0 aliphatic carbocycles. The van der Waals surface area contributed by atoms with E-state index in [0.717, 1.165) is 6.20 Å². The molecule has 8 heteroatoms. The quantitative estimate of drug-likeness (QED) is 0.559. The number of rotatable bonds is 3. The van der Waals surface area contributed by atoms with Crippen LogP contribution in [0.25, 0.3) is 0 Å². The van der Waals surface area contributed by atoms with Crippen LogP contribution in [0.5, 0.6) is 0 Å². The van der Waals surface area contributed by atoms with Gasteiger partial charge >= 0.3 is 5.00 Å². The molecule has 1 rings (SSSR count). The van der Waals surface area contributed by atoms with Crippen LogP contribution in [0.4, 0.5) is 5.00 Å². The molecule has 0 saturated heterocycles. The van der Waals surface area contributed by atoms with E-state index in [-0.39, 0.29) is 9.34 Å². The lowest BCUT2D eigenvalue weighted by atomic mass is 10.9. The second-order valence-electron chi connectivity index (χ2n) is 1.93. The molecule has 0 amide bonds. The first-order valence-corrected chi connectivity index (χ1v) is 5.31. The normalized spacial score (nSPS) is 11.1. The van der Waals surface area contributed by atoms with Gasteiger partial charge in [-0.15, -0.1) is 0 Å². The molecule has 13 heavy (non-hydrogen) atoms. The maximum Gasteiger partial charge on any atom is 0.344 e. The number of sulfone groups is 1. The van der Waals surface area contributed by atoms with Crippen molar-refractivity contribution < 1.29 is 13.3 Å². The number of thiazole rings is 1. The summed E-state index contributed by atoms with van der Waals surface area (Å²) in [6.07, 6.45) is 0.904. The maximum absolute atomic E-state index is 11.0. The first-order chi connectivity index (χ1) is 5.97. The number of nitro groups is 1. The van der Waals surface area contributed by atoms with Crippen LogP contribution >= 0.6 is 11.3 Å². The summed E-state index contributed by atoms with van der Waals surface area (Å²) < 4.78 is 21.8. The lowest BCUT2D eigenvalue weighted by Gasteiger charge is -1.86. The third kappa shape index (κ3) is 1.90. The molecule has 0 aromatic carbocycles. The summed E-state index contributed by atoms with van der Waals surface area (Å²) in [5, 5.41) is 10.6. The highest BCUT2D eigenvalue weighted by molar-refractivity contribution is 7.96. The molecule has 1 aromatic heterocycles. The van der Waals surface area contributed by atoms with Gasteiger partial charge in [0.2, 0.25) is 14.2 Å². The number of hydrogen-bond acceptors (Lipinski definition) is 6. The van der Waals surface area contributed by atoms with Gasteiger partial charge in [-0.25, -0.2) is 13.4 Å². The van der Waals surface area contributed by atoms with Crippen molar-refractivity contribution in [3.63, 3.8) is 0 Å². The molecule has 0 unspecified atom stereocenters. The van der Waals surface area contributed by atoms with E-state index in [1.165, 1.54) is 0 Å². The van der Waals surface area contributed by atoms with E-state index in [1.54, 1.807) is 0 Å². The lowest BCUT2D eigenvalue weighted by Crippen LogP contribution is -1.93. The zero-order chi connectivity index (χ0) is 10.1. The fourth-order valence-electron chi connectivity index (χ4n) is 0.537. The van der Waals surface area contributed by atoms with E-state index in [4.69, 9.17) is 0 Å². The van der Waals surface area contributed by atoms with Gasteiger partial charge in [0.25, 0.3) is 0 Å². The minimum atomic E-state index is -3.64. The van der Waals surface area contributed by atoms with Gasteiger partial charge in [-0.3, -0.25) is 10.1 Å². The molecule has 0 atom stereocenters. The summed E-state index contributed by atoms with van der Waals surface area (Å²) in [4.78, 5) is 12.9. The highest BCUT2D eigenvalue weighted by Crippen LogP contribution is 2.25. The first-order valence-electron chi connectivity index (χ1n) is 2.95. The largest absolute Gasteiger partial charge is 0.344 e. The molecule has 1 heterocycles. The van der Waals surface area contributed by atoms with Crippen molar-refractivity contribution in [2.45, 2.75) is 4.34 Å². The summed E-state index contributed by atoms with van der Waals surface area (Å²) in [6.45, 7) is 3.07. The van der Waals surface area contributed by atoms with Crippen LogP contribution in [0.1, 0.15) is 0 Å². The molecule has 0 spiro atoms. The summed E-state index contributed by atoms with van der Waals surface area (Å²) in [5.74, 6) is 0. The Hall–Kier alpha value is -1.28. The molecular weight excluding hydrogens is 216 g/mol. The zero-order valence-corrected chi connectivity index (χ0v) is 7.84.